The van der Waals surface area contributed by atoms with Crippen LogP contribution in [-0.2, 0) is 15.9 Å². The fourth-order valence-corrected chi connectivity index (χ4v) is 3.44. The molecule has 3 unspecified atom stereocenters. The molecule has 2 aliphatic heterocycles. The average Bonchev–Trinajstić information content (AvgIpc) is 2.53. The van der Waals surface area contributed by atoms with E-state index in [1.807, 2.05) is 7.05 Å². The predicted octanol–water partition coefficient (Wildman–Crippen LogP) is 2.85. The van der Waals surface area contributed by atoms with Gasteiger partial charge in [0.25, 0.3) is 0 Å². The lowest BCUT2D eigenvalue weighted by Gasteiger charge is -2.34. The van der Waals surface area contributed by atoms with Crippen LogP contribution in [0.4, 0.5) is 0 Å². The van der Waals surface area contributed by atoms with Gasteiger partial charge >= 0.3 is 0 Å². The van der Waals surface area contributed by atoms with Crippen LogP contribution in [-0.4, -0.2) is 32.4 Å². The molecule has 0 aromatic heterocycles. The second-order valence-electron chi connectivity index (χ2n) is 5.84. The lowest BCUT2D eigenvalue weighted by molar-refractivity contribution is -0.0312. The highest BCUT2D eigenvalue weighted by Gasteiger charge is 2.29. The van der Waals surface area contributed by atoms with Crippen molar-refractivity contribution in [2.45, 2.75) is 50.4 Å². The van der Waals surface area contributed by atoms with Crippen molar-refractivity contribution in [1.29, 1.82) is 0 Å². The van der Waals surface area contributed by atoms with Gasteiger partial charge < -0.3 is 14.8 Å². The van der Waals surface area contributed by atoms with E-state index in [9.17, 15) is 0 Å². The second-order valence-corrected chi connectivity index (χ2v) is 5.84. The molecule has 0 saturated carbocycles. The third-order valence-corrected chi connectivity index (χ3v) is 4.59. The quantitative estimate of drug-likeness (QED) is 0.916. The van der Waals surface area contributed by atoms with Gasteiger partial charge in [-0.25, -0.2) is 0 Å². The molecule has 110 valence electrons. The molecule has 20 heavy (non-hydrogen) atoms. The van der Waals surface area contributed by atoms with Crippen molar-refractivity contribution < 1.29 is 9.47 Å². The van der Waals surface area contributed by atoms with E-state index in [-0.39, 0.29) is 6.10 Å². The van der Waals surface area contributed by atoms with Gasteiger partial charge in [0.1, 0.15) is 0 Å². The molecule has 1 N–H and O–H groups in total. The SMILES string of the molecule is CNC(CC1OCCc2ccccc21)C1CCCCO1. The van der Waals surface area contributed by atoms with Crippen LogP contribution in [0.5, 0.6) is 0 Å². The molecule has 1 saturated heterocycles. The topological polar surface area (TPSA) is 30.5 Å². The first kappa shape index (κ1) is 14.1. The van der Waals surface area contributed by atoms with E-state index < -0.39 is 0 Å². The van der Waals surface area contributed by atoms with Gasteiger partial charge in [-0.15, -0.1) is 0 Å². The third-order valence-electron chi connectivity index (χ3n) is 4.59. The van der Waals surface area contributed by atoms with Crippen molar-refractivity contribution in [3.8, 4) is 0 Å². The number of ether oxygens (including phenoxy) is 2. The molecule has 0 spiro atoms. The Bertz CT molecular complexity index is 429. The zero-order valence-electron chi connectivity index (χ0n) is 12.3. The maximum atomic E-state index is 6.03. The van der Waals surface area contributed by atoms with E-state index in [1.165, 1.54) is 30.4 Å². The number of fused-ring (bicyclic) bond motifs is 1. The first-order chi connectivity index (χ1) is 9.88. The Kier molecular flexibility index (Phi) is 4.71. The minimum atomic E-state index is 0.211. The maximum absolute atomic E-state index is 6.03. The number of rotatable bonds is 4. The van der Waals surface area contributed by atoms with Crippen LogP contribution in [0.3, 0.4) is 0 Å². The van der Waals surface area contributed by atoms with Crippen LogP contribution < -0.4 is 5.32 Å². The van der Waals surface area contributed by atoms with Gasteiger partial charge in [0.2, 0.25) is 0 Å². The monoisotopic (exact) mass is 275 g/mol. The van der Waals surface area contributed by atoms with Gasteiger partial charge in [0.15, 0.2) is 0 Å². The van der Waals surface area contributed by atoms with Crippen LogP contribution in [0.25, 0.3) is 0 Å². The van der Waals surface area contributed by atoms with E-state index in [0.717, 1.165) is 26.1 Å². The molecule has 0 amide bonds. The highest BCUT2D eigenvalue weighted by molar-refractivity contribution is 5.31. The maximum Gasteiger partial charge on any atom is 0.0843 e. The normalized spacial score (nSPS) is 27.9. The molecule has 3 nitrogen and oxygen atoms in total. The fourth-order valence-electron chi connectivity index (χ4n) is 3.44. The van der Waals surface area contributed by atoms with Crippen molar-refractivity contribution in [3.63, 3.8) is 0 Å². The summed E-state index contributed by atoms with van der Waals surface area (Å²) in [6.45, 7) is 1.74. The lowest BCUT2D eigenvalue weighted by Crippen LogP contribution is -2.42. The highest BCUT2D eigenvalue weighted by Crippen LogP contribution is 2.32. The Morgan fingerprint density at radius 2 is 2.10 bits per heavy atom. The van der Waals surface area contributed by atoms with Crippen molar-refractivity contribution in [2.24, 2.45) is 0 Å². The summed E-state index contributed by atoms with van der Waals surface area (Å²) in [5.41, 5.74) is 2.82. The van der Waals surface area contributed by atoms with Crippen LogP contribution in [0.2, 0.25) is 0 Å². The van der Waals surface area contributed by atoms with E-state index in [4.69, 9.17) is 9.47 Å². The van der Waals surface area contributed by atoms with E-state index in [2.05, 4.69) is 29.6 Å². The van der Waals surface area contributed by atoms with Crippen molar-refractivity contribution in [2.75, 3.05) is 20.3 Å². The Balaban J connectivity index is 1.70. The number of hydrogen-bond acceptors (Lipinski definition) is 3. The summed E-state index contributed by atoms with van der Waals surface area (Å²) in [5, 5.41) is 3.44. The first-order valence-electron chi connectivity index (χ1n) is 7.87. The van der Waals surface area contributed by atoms with Crippen LogP contribution in [0.15, 0.2) is 24.3 Å². The van der Waals surface area contributed by atoms with Gasteiger partial charge in [-0.2, -0.15) is 0 Å². The molecule has 0 aliphatic carbocycles. The van der Waals surface area contributed by atoms with E-state index in [1.54, 1.807) is 0 Å². The smallest absolute Gasteiger partial charge is 0.0843 e. The summed E-state index contributed by atoms with van der Waals surface area (Å²) in [5.74, 6) is 0. The van der Waals surface area contributed by atoms with Gasteiger partial charge in [0, 0.05) is 12.6 Å². The summed E-state index contributed by atoms with van der Waals surface area (Å²) in [6, 6.07) is 9.07. The van der Waals surface area contributed by atoms with Gasteiger partial charge in [0.05, 0.1) is 18.8 Å². The molecule has 2 aliphatic rings. The fraction of sp³-hybridized carbons (Fsp3) is 0.647. The molecule has 1 fully saturated rings. The average molecular weight is 275 g/mol. The highest BCUT2D eigenvalue weighted by atomic mass is 16.5. The minimum absolute atomic E-state index is 0.211. The molecule has 2 heterocycles. The minimum Gasteiger partial charge on any atom is -0.377 e. The van der Waals surface area contributed by atoms with Gasteiger partial charge in [-0.1, -0.05) is 24.3 Å². The summed E-state index contributed by atoms with van der Waals surface area (Å²) in [4.78, 5) is 0. The van der Waals surface area contributed by atoms with Crippen molar-refractivity contribution >= 4 is 0 Å². The van der Waals surface area contributed by atoms with Crippen molar-refractivity contribution in [1.82, 2.24) is 5.32 Å². The predicted molar refractivity (Wildman–Crippen MR) is 79.9 cm³/mol. The molecule has 3 rings (SSSR count). The Morgan fingerprint density at radius 1 is 1.20 bits per heavy atom. The number of nitrogens with one attached hydrogen (secondary N) is 1. The lowest BCUT2D eigenvalue weighted by atomic mass is 9.90. The molecular formula is C17H25NO2. The van der Waals surface area contributed by atoms with Gasteiger partial charge in [-0.05, 0) is 50.3 Å². The zero-order chi connectivity index (χ0) is 13.8. The standard InChI is InChI=1S/C17H25NO2/c1-18-15(16-8-4-5-10-19-16)12-17-14-7-3-2-6-13(14)9-11-20-17/h2-3,6-7,15-18H,4-5,8-12H2,1H3. The molecule has 0 radical (unpaired) electrons. The summed E-state index contributed by atoms with van der Waals surface area (Å²) in [6.07, 6.45) is 6.24. The second kappa shape index (κ2) is 6.70. The number of likely N-dealkylation sites (N-methyl/N-ethyl adjacent to an activating group) is 1. The summed E-state index contributed by atoms with van der Waals surface area (Å²) in [7, 11) is 2.04. The van der Waals surface area contributed by atoms with Crippen molar-refractivity contribution in [3.05, 3.63) is 35.4 Å². The van der Waals surface area contributed by atoms with Gasteiger partial charge in [-0.3, -0.25) is 0 Å². The molecule has 1 aromatic rings. The van der Waals surface area contributed by atoms with E-state index >= 15 is 0 Å². The third kappa shape index (κ3) is 3.05. The molecule has 1 aromatic carbocycles. The Hall–Kier alpha value is -0.900. The molecular weight excluding hydrogens is 250 g/mol. The van der Waals surface area contributed by atoms with Crippen LogP contribution in [0, 0.1) is 0 Å². The molecule has 0 bridgehead atoms. The summed E-state index contributed by atoms with van der Waals surface area (Å²) < 4.78 is 12.0. The largest absolute Gasteiger partial charge is 0.377 e. The molecule has 3 atom stereocenters. The summed E-state index contributed by atoms with van der Waals surface area (Å²) >= 11 is 0. The first-order valence-corrected chi connectivity index (χ1v) is 7.87. The van der Waals surface area contributed by atoms with Crippen LogP contribution in [0.1, 0.15) is 42.9 Å². The Morgan fingerprint density at radius 3 is 2.90 bits per heavy atom. The Labute approximate surface area is 121 Å². The number of benzene rings is 1. The zero-order valence-corrected chi connectivity index (χ0v) is 12.3. The van der Waals surface area contributed by atoms with Crippen LogP contribution >= 0.6 is 0 Å². The molecule has 3 heteroatoms. The van der Waals surface area contributed by atoms with E-state index in [0.29, 0.717) is 12.1 Å². The number of hydrogen-bond donors (Lipinski definition) is 1.